The first-order valence-corrected chi connectivity index (χ1v) is 6.75. The fourth-order valence-corrected chi connectivity index (χ4v) is 2.52. The summed E-state index contributed by atoms with van der Waals surface area (Å²) < 4.78 is 5.21. The quantitative estimate of drug-likeness (QED) is 0.672. The third-order valence-corrected chi connectivity index (χ3v) is 4.30. The average molecular weight is 228 g/mol. The fraction of sp³-hybridized carbons (Fsp3) is 0.909. The Labute approximate surface area is 96.8 Å². The fourth-order valence-electron chi connectivity index (χ4n) is 1.84. The summed E-state index contributed by atoms with van der Waals surface area (Å²) in [5.41, 5.74) is 0. The normalized spacial score (nSPS) is 21.1. The van der Waals surface area contributed by atoms with Gasteiger partial charge in [-0.3, -0.25) is 0 Å². The number of likely N-dealkylation sites (tertiary alicyclic amines) is 1. The molecule has 1 rings (SSSR count). The zero-order chi connectivity index (χ0) is 11.1. The summed E-state index contributed by atoms with van der Waals surface area (Å²) >= 11 is 1.70. The van der Waals surface area contributed by atoms with E-state index in [0.717, 1.165) is 45.7 Å². The summed E-state index contributed by atoms with van der Waals surface area (Å²) in [7, 11) is 0. The molecule has 15 heavy (non-hydrogen) atoms. The van der Waals surface area contributed by atoms with E-state index < -0.39 is 0 Å². The van der Waals surface area contributed by atoms with Crippen LogP contribution in [-0.4, -0.2) is 48.8 Å². The Kier molecular flexibility index (Phi) is 5.44. The van der Waals surface area contributed by atoms with Crippen molar-refractivity contribution in [2.45, 2.75) is 24.5 Å². The van der Waals surface area contributed by atoms with E-state index >= 15 is 0 Å². The molecule has 3 nitrogen and oxygen atoms in total. The van der Waals surface area contributed by atoms with Gasteiger partial charge in [0.15, 0.2) is 0 Å². The van der Waals surface area contributed by atoms with Crippen molar-refractivity contribution < 1.29 is 4.74 Å². The van der Waals surface area contributed by atoms with E-state index in [9.17, 15) is 0 Å². The highest BCUT2D eigenvalue weighted by atomic mass is 32.2. The monoisotopic (exact) mass is 228 g/mol. The SMILES string of the molecule is CCOCCN1CCC(C#N)(SC)CC1. The first-order chi connectivity index (χ1) is 7.26. The van der Waals surface area contributed by atoms with Gasteiger partial charge in [-0.25, -0.2) is 0 Å². The van der Waals surface area contributed by atoms with Gasteiger partial charge in [0.2, 0.25) is 0 Å². The number of ether oxygens (including phenoxy) is 1. The average Bonchev–Trinajstić information content (AvgIpc) is 2.31. The van der Waals surface area contributed by atoms with Crippen molar-refractivity contribution in [1.29, 1.82) is 5.26 Å². The van der Waals surface area contributed by atoms with Gasteiger partial charge in [-0.05, 0) is 26.0 Å². The molecule has 1 aliphatic heterocycles. The molecular weight excluding hydrogens is 208 g/mol. The Morgan fingerprint density at radius 3 is 2.60 bits per heavy atom. The maximum absolute atomic E-state index is 9.13. The summed E-state index contributed by atoms with van der Waals surface area (Å²) in [4.78, 5) is 2.39. The molecule has 0 aromatic heterocycles. The largest absolute Gasteiger partial charge is 0.380 e. The Bertz CT molecular complexity index is 219. The number of nitrogens with zero attached hydrogens (tertiary/aromatic N) is 2. The second-order valence-corrected chi connectivity index (χ2v) is 5.04. The summed E-state index contributed by atoms with van der Waals surface area (Å²) in [6, 6.07) is 2.46. The first kappa shape index (κ1) is 12.8. The molecule has 0 unspecified atom stereocenters. The van der Waals surface area contributed by atoms with E-state index in [1.165, 1.54) is 0 Å². The van der Waals surface area contributed by atoms with E-state index in [1.54, 1.807) is 11.8 Å². The van der Waals surface area contributed by atoms with Crippen LogP contribution in [0.4, 0.5) is 0 Å². The molecule has 0 N–H and O–H groups in total. The van der Waals surface area contributed by atoms with Crippen molar-refractivity contribution in [1.82, 2.24) is 4.90 Å². The van der Waals surface area contributed by atoms with Crippen LogP contribution in [0.15, 0.2) is 0 Å². The number of thioether (sulfide) groups is 1. The Hall–Kier alpha value is -0.240. The summed E-state index contributed by atoms with van der Waals surface area (Å²) in [6.45, 7) is 6.69. The van der Waals surface area contributed by atoms with Gasteiger partial charge in [0.1, 0.15) is 4.75 Å². The summed E-state index contributed by atoms with van der Waals surface area (Å²) in [5.74, 6) is 0. The van der Waals surface area contributed by atoms with Crippen molar-refractivity contribution in [3.8, 4) is 6.07 Å². The molecule has 0 spiro atoms. The molecule has 1 heterocycles. The van der Waals surface area contributed by atoms with Crippen molar-refractivity contribution in [3.63, 3.8) is 0 Å². The maximum atomic E-state index is 9.13. The van der Waals surface area contributed by atoms with Gasteiger partial charge >= 0.3 is 0 Å². The molecule has 0 aromatic carbocycles. The second-order valence-electron chi connectivity index (χ2n) is 3.85. The third kappa shape index (κ3) is 3.67. The Morgan fingerprint density at radius 1 is 1.47 bits per heavy atom. The molecule has 4 heteroatoms. The topological polar surface area (TPSA) is 36.3 Å². The van der Waals surface area contributed by atoms with Gasteiger partial charge in [0.25, 0.3) is 0 Å². The second kappa shape index (κ2) is 6.37. The van der Waals surface area contributed by atoms with Gasteiger partial charge in [0.05, 0.1) is 12.7 Å². The zero-order valence-electron chi connectivity index (χ0n) is 9.66. The lowest BCUT2D eigenvalue weighted by Crippen LogP contribution is -2.42. The lowest BCUT2D eigenvalue weighted by atomic mass is 9.97. The Morgan fingerprint density at radius 2 is 2.13 bits per heavy atom. The van der Waals surface area contributed by atoms with Crippen LogP contribution in [0.5, 0.6) is 0 Å². The molecule has 1 fully saturated rings. The van der Waals surface area contributed by atoms with Gasteiger partial charge in [-0.1, -0.05) is 0 Å². The number of nitriles is 1. The molecule has 0 atom stereocenters. The van der Waals surface area contributed by atoms with E-state index in [2.05, 4.69) is 11.0 Å². The molecule has 86 valence electrons. The molecule has 0 radical (unpaired) electrons. The minimum atomic E-state index is -0.123. The lowest BCUT2D eigenvalue weighted by molar-refractivity contribution is 0.103. The van der Waals surface area contributed by atoms with Gasteiger partial charge < -0.3 is 9.64 Å². The molecule has 0 bridgehead atoms. The van der Waals surface area contributed by atoms with Crippen molar-refractivity contribution in [2.75, 3.05) is 39.1 Å². The van der Waals surface area contributed by atoms with E-state index in [0.29, 0.717) is 0 Å². The van der Waals surface area contributed by atoms with Gasteiger partial charge in [-0.2, -0.15) is 5.26 Å². The zero-order valence-corrected chi connectivity index (χ0v) is 10.5. The summed E-state index contributed by atoms with van der Waals surface area (Å²) in [5, 5.41) is 9.13. The molecule has 0 amide bonds. The highest BCUT2D eigenvalue weighted by Crippen LogP contribution is 2.33. The van der Waals surface area contributed by atoms with Crippen LogP contribution in [0.25, 0.3) is 0 Å². The highest BCUT2D eigenvalue weighted by Gasteiger charge is 2.33. The van der Waals surface area contributed by atoms with Crippen LogP contribution in [-0.2, 0) is 4.74 Å². The van der Waals surface area contributed by atoms with E-state index in [1.807, 2.05) is 13.2 Å². The predicted molar refractivity (Wildman–Crippen MR) is 64.0 cm³/mol. The van der Waals surface area contributed by atoms with Crippen LogP contribution < -0.4 is 0 Å². The lowest BCUT2D eigenvalue weighted by Gasteiger charge is -2.35. The van der Waals surface area contributed by atoms with E-state index in [4.69, 9.17) is 10.00 Å². The van der Waals surface area contributed by atoms with Crippen molar-refractivity contribution in [2.24, 2.45) is 0 Å². The van der Waals surface area contributed by atoms with Crippen LogP contribution in [0, 0.1) is 11.3 Å². The number of hydrogen-bond acceptors (Lipinski definition) is 4. The number of piperidine rings is 1. The van der Waals surface area contributed by atoms with Gasteiger partial charge in [-0.15, -0.1) is 11.8 Å². The minimum absolute atomic E-state index is 0.123. The molecule has 0 saturated carbocycles. The van der Waals surface area contributed by atoms with Gasteiger partial charge in [0, 0.05) is 26.2 Å². The molecule has 0 aliphatic carbocycles. The van der Waals surface area contributed by atoms with Crippen LogP contribution in [0.3, 0.4) is 0 Å². The summed E-state index contributed by atoms with van der Waals surface area (Å²) in [6.07, 6.45) is 4.01. The molecular formula is C11H20N2OS. The highest BCUT2D eigenvalue weighted by molar-refractivity contribution is 8.00. The molecule has 1 saturated heterocycles. The number of hydrogen-bond donors (Lipinski definition) is 0. The Balaban J connectivity index is 2.26. The third-order valence-electron chi connectivity index (χ3n) is 3.01. The number of rotatable bonds is 5. The molecule has 0 aromatic rings. The maximum Gasteiger partial charge on any atom is 0.104 e. The smallest absolute Gasteiger partial charge is 0.104 e. The van der Waals surface area contributed by atoms with E-state index in [-0.39, 0.29) is 4.75 Å². The standard InChI is InChI=1S/C11H20N2OS/c1-3-14-9-8-13-6-4-11(10-12,15-2)5-7-13/h3-9H2,1-2H3. The predicted octanol–water partition coefficient (Wildman–Crippen LogP) is 1.74. The van der Waals surface area contributed by atoms with Crippen LogP contribution >= 0.6 is 11.8 Å². The van der Waals surface area contributed by atoms with Crippen LogP contribution in [0.1, 0.15) is 19.8 Å². The molecule has 1 aliphatic rings. The van der Waals surface area contributed by atoms with Crippen molar-refractivity contribution in [3.05, 3.63) is 0 Å². The van der Waals surface area contributed by atoms with Crippen molar-refractivity contribution >= 4 is 11.8 Å². The van der Waals surface area contributed by atoms with Crippen LogP contribution in [0.2, 0.25) is 0 Å². The minimum Gasteiger partial charge on any atom is -0.380 e. The first-order valence-electron chi connectivity index (χ1n) is 5.53.